The average Bonchev–Trinajstić information content (AvgIpc) is 3.59. The van der Waals surface area contributed by atoms with Crippen molar-refractivity contribution in [1.82, 2.24) is 14.8 Å². The Morgan fingerprint density at radius 3 is 2.15 bits per heavy atom. The van der Waals surface area contributed by atoms with Gasteiger partial charge in [0.25, 0.3) is 11.8 Å². The molecule has 10 heteroatoms. The number of anilines is 1. The minimum absolute atomic E-state index is 0.0247. The van der Waals surface area contributed by atoms with E-state index in [2.05, 4.69) is 9.88 Å². The lowest BCUT2D eigenvalue weighted by Gasteiger charge is -2.40. The van der Waals surface area contributed by atoms with Gasteiger partial charge in [-0.15, -0.1) is 0 Å². The largest absolute Gasteiger partial charge is 0.375 e. The van der Waals surface area contributed by atoms with Gasteiger partial charge in [0.05, 0.1) is 17.0 Å². The Kier molecular flexibility index (Phi) is 10.4. The maximum Gasteiger partial charge on any atom is 0.259 e. The zero-order chi connectivity index (χ0) is 33.0. The van der Waals surface area contributed by atoms with E-state index in [0.717, 1.165) is 57.3 Å². The van der Waals surface area contributed by atoms with Crippen LogP contribution < -0.4 is 4.90 Å². The number of pyridine rings is 1. The van der Waals surface area contributed by atoms with Gasteiger partial charge in [-0.1, -0.05) is 41.9 Å². The number of amides is 2. The number of halogens is 3. The molecule has 2 amide bonds. The minimum atomic E-state index is -2.80. The van der Waals surface area contributed by atoms with Crippen LogP contribution in [0, 0.1) is 11.8 Å². The first-order valence-corrected chi connectivity index (χ1v) is 17.2. The monoisotopic (exact) mass is 664 g/mol. The van der Waals surface area contributed by atoms with Crippen LogP contribution in [0.15, 0.2) is 73.1 Å². The van der Waals surface area contributed by atoms with Crippen LogP contribution >= 0.6 is 11.6 Å². The zero-order valence-corrected chi connectivity index (χ0v) is 27.4. The van der Waals surface area contributed by atoms with Crippen LogP contribution in [0.1, 0.15) is 72.3 Å². The van der Waals surface area contributed by atoms with Gasteiger partial charge in [-0.2, -0.15) is 0 Å². The molecule has 3 aromatic rings. The summed E-state index contributed by atoms with van der Waals surface area (Å²) >= 11 is 6.69. The molecule has 4 heterocycles. The topological polar surface area (TPSA) is 77.0 Å². The number of likely N-dealkylation sites (tertiary alicyclic amines) is 2. The fourth-order valence-corrected chi connectivity index (χ4v) is 7.95. The van der Waals surface area contributed by atoms with Gasteiger partial charge in [0, 0.05) is 63.3 Å². The highest BCUT2D eigenvalue weighted by atomic mass is 35.5. The number of rotatable bonds is 9. The predicted octanol–water partition coefficient (Wildman–Crippen LogP) is 6.75. The molecular weight excluding hydrogens is 622 g/mol. The van der Waals surface area contributed by atoms with Crippen molar-refractivity contribution in [3.63, 3.8) is 0 Å². The third-order valence-corrected chi connectivity index (χ3v) is 10.8. The summed E-state index contributed by atoms with van der Waals surface area (Å²) in [5.74, 6) is 0.686. The number of aromatic nitrogens is 1. The highest BCUT2D eigenvalue weighted by molar-refractivity contribution is 6.34. The normalized spacial score (nSPS) is 20.9. The SMILES string of the molecule is O=C(c1ccc(N2CCC(CC3CCN(C(=O)[C@@](O)(CC(F)F)c4ccccc4)CC3)CC2)cc1Cl)N1CCC(c2ccncc2)C1. The Labute approximate surface area is 280 Å². The Hall–Kier alpha value is -3.56. The van der Waals surface area contributed by atoms with E-state index >= 15 is 0 Å². The van der Waals surface area contributed by atoms with Crippen molar-refractivity contribution >= 4 is 29.1 Å². The van der Waals surface area contributed by atoms with E-state index in [4.69, 9.17) is 11.6 Å². The van der Waals surface area contributed by atoms with Crippen LogP contribution in [0.4, 0.5) is 14.5 Å². The second-order valence-electron chi connectivity index (χ2n) is 13.4. The molecule has 7 nitrogen and oxygen atoms in total. The molecular formula is C37H43ClF2N4O3. The summed E-state index contributed by atoms with van der Waals surface area (Å²) in [7, 11) is 0. The van der Waals surface area contributed by atoms with E-state index in [-0.39, 0.29) is 11.5 Å². The lowest BCUT2D eigenvalue weighted by atomic mass is 9.82. The Morgan fingerprint density at radius 1 is 0.872 bits per heavy atom. The first-order valence-electron chi connectivity index (χ1n) is 16.8. The maximum atomic E-state index is 13.4. The number of piperidine rings is 2. The van der Waals surface area contributed by atoms with E-state index in [0.29, 0.717) is 54.5 Å². The van der Waals surface area contributed by atoms with Gasteiger partial charge in [-0.05, 0) is 91.8 Å². The molecule has 3 fully saturated rings. The molecule has 2 aromatic carbocycles. The first kappa shape index (κ1) is 33.3. The molecule has 47 heavy (non-hydrogen) atoms. The molecule has 3 saturated heterocycles. The molecule has 1 unspecified atom stereocenters. The maximum absolute atomic E-state index is 13.4. The van der Waals surface area contributed by atoms with E-state index in [1.54, 1.807) is 35.5 Å². The number of alkyl halides is 2. The Morgan fingerprint density at radius 2 is 1.51 bits per heavy atom. The van der Waals surface area contributed by atoms with Crippen molar-refractivity contribution in [2.45, 2.75) is 62.9 Å². The summed E-state index contributed by atoms with van der Waals surface area (Å²) < 4.78 is 26.9. The van der Waals surface area contributed by atoms with Gasteiger partial charge in [0.1, 0.15) is 0 Å². The fraction of sp³-hybridized carbons (Fsp3) is 0.486. The second-order valence-corrected chi connectivity index (χ2v) is 13.8. The van der Waals surface area contributed by atoms with Crippen molar-refractivity contribution in [1.29, 1.82) is 0 Å². The number of nitrogens with zero attached hydrogens (tertiary/aromatic N) is 4. The smallest absolute Gasteiger partial charge is 0.259 e. The van der Waals surface area contributed by atoms with E-state index in [9.17, 15) is 23.5 Å². The third-order valence-electron chi connectivity index (χ3n) is 10.4. The van der Waals surface area contributed by atoms with Gasteiger partial charge >= 0.3 is 0 Å². The van der Waals surface area contributed by atoms with Gasteiger partial charge in [0.15, 0.2) is 5.60 Å². The zero-order valence-electron chi connectivity index (χ0n) is 26.6. The molecule has 0 radical (unpaired) electrons. The first-order chi connectivity index (χ1) is 22.7. The van der Waals surface area contributed by atoms with Gasteiger partial charge < -0.3 is 19.8 Å². The number of aliphatic hydroxyl groups is 1. The molecule has 0 aliphatic carbocycles. The van der Waals surface area contributed by atoms with Crippen molar-refractivity contribution < 1.29 is 23.5 Å². The van der Waals surface area contributed by atoms with Crippen LogP contribution in [0.5, 0.6) is 0 Å². The molecule has 0 spiro atoms. The number of hydrogen-bond acceptors (Lipinski definition) is 5. The lowest BCUT2D eigenvalue weighted by molar-refractivity contribution is -0.158. The molecule has 0 bridgehead atoms. The highest BCUT2D eigenvalue weighted by Crippen LogP contribution is 2.36. The number of carbonyl (C=O) groups is 2. The molecule has 250 valence electrons. The molecule has 2 atom stereocenters. The summed E-state index contributed by atoms with van der Waals surface area (Å²) in [6.45, 7) is 4.13. The van der Waals surface area contributed by atoms with Crippen molar-refractivity contribution in [3.05, 3.63) is 94.8 Å². The summed E-state index contributed by atoms with van der Waals surface area (Å²) in [4.78, 5) is 36.6. The number of carbonyl (C=O) groups excluding carboxylic acids is 2. The molecule has 1 N–H and O–H groups in total. The van der Waals surface area contributed by atoms with Crippen LogP contribution in [-0.2, 0) is 10.4 Å². The van der Waals surface area contributed by atoms with Gasteiger partial charge in [-0.3, -0.25) is 14.6 Å². The number of benzene rings is 2. The van der Waals surface area contributed by atoms with Crippen LogP contribution in [0.25, 0.3) is 0 Å². The van der Waals surface area contributed by atoms with Crippen LogP contribution in [-0.4, -0.2) is 77.4 Å². The molecule has 0 saturated carbocycles. The molecule has 6 rings (SSSR count). The van der Waals surface area contributed by atoms with Crippen molar-refractivity contribution in [3.8, 4) is 0 Å². The third kappa shape index (κ3) is 7.62. The van der Waals surface area contributed by atoms with Crippen molar-refractivity contribution in [2.24, 2.45) is 11.8 Å². The number of hydrogen-bond donors (Lipinski definition) is 1. The summed E-state index contributed by atoms with van der Waals surface area (Å²) in [6, 6.07) is 17.9. The van der Waals surface area contributed by atoms with Crippen LogP contribution in [0.3, 0.4) is 0 Å². The van der Waals surface area contributed by atoms with Gasteiger partial charge in [0.2, 0.25) is 6.43 Å². The fourth-order valence-electron chi connectivity index (χ4n) is 7.69. The van der Waals surface area contributed by atoms with Gasteiger partial charge in [-0.25, -0.2) is 8.78 Å². The molecule has 3 aliphatic heterocycles. The van der Waals surface area contributed by atoms with E-state index in [1.165, 1.54) is 17.7 Å². The Bertz CT molecular complexity index is 1510. The minimum Gasteiger partial charge on any atom is -0.375 e. The van der Waals surface area contributed by atoms with Crippen LogP contribution in [0.2, 0.25) is 5.02 Å². The molecule has 3 aliphatic rings. The highest BCUT2D eigenvalue weighted by Gasteiger charge is 2.44. The van der Waals surface area contributed by atoms with E-state index < -0.39 is 24.4 Å². The Balaban J connectivity index is 0.973. The van der Waals surface area contributed by atoms with E-state index in [1.807, 2.05) is 35.2 Å². The summed E-state index contributed by atoms with van der Waals surface area (Å²) in [6.07, 6.45) is 5.57. The average molecular weight is 665 g/mol. The summed E-state index contributed by atoms with van der Waals surface area (Å²) in [5, 5.41) is 11.7. The second kappa shape index (κ2) is 14.7. The predicted molar refractivity (Wildman–Crippen MR) is 179 cm³/mol. The van der Waals surface area contributed by atoms with Crippen molar-refractivity contribution in [2.75, 3.05) is 44.2 Å². The lowest BCUT2D eigenvalue weighted by Crippen LogP contribution is -2.50. The standard InChI is InChI=1S/C37H43ClF2N4O3/c38-33-23-31(6-7-32(33)35(45)44-21-14-29(25-44)28-8-15-41-16-9-28)42-17-10-26(11-18-42)22-27-12-19-43(20-13-27)36(46)37(47,24-34(39)40)30-4-2-1-3-5-30/h1-9,15-16,23,26-27,29,34,47H,10-14,17-22,24-25H2/t29?,37-/m1/s1. The quantitative estimate of drug-likeness (QED) is 0.274. The molecule has 1 aromatic heterocycles. The summed E-state index contributed by atoms with van der Waals surface area (Å²) in [5.41, 5.74) is 0.772.